The van der Waals surface area contributed by atoms with Crippen LogP contribution in [0.1, 0.15) is 51.2 Å². The van der Waals surface area contributed by atoms with Gasteiger partial charge in [-0.25, -0.2) is 0 Å². The minimum Gasteiger partial charge on any atom is -0.426 e. The van der Waals surface area contributed by atoms with Crippen LogP contribution in [0, 0.1) is 18.8 Å². The number of rotatable bonds is 4. The lowest BCUT2D eigenvalue weighted by Gasteiger charge is -2.20. The second kappa shape index (κ2) is 7.29. The van der Waals surface area contributed by atoms with E-state index in [1.165, 1.54) is 10.5 Å². The molecule has 1 aliphatic carbocycles. The summed E-state index contributed by atoms with van der Waals surface area (Å²) in [6.45, 7) is 8.38. The quantitative estimate of drug-likeness (QED) is 0.352. The lowest BCUT2D eigenvalue weighted by molar-refractivity contribution is -0.141. The monoisotopic (exact) mass is 369 g/mol. The number of benzene rings is 1. The standard InChI is InChI=1S/C22H27NO4/c1-14-13-15(22(2,3)4)9-10-18(14)27-19(24)11-12-23-20(25)16-7-5-6-8-17(16)21(23)26/h5-6,9-10,13,16-17H,7-8,11-12H2,1-4H3/t16-,17+. The SMILES string of the molecule is Cc1cc(C(C)(C)C)ccc1OC(=O)CCN1C(=O)[C@H]2CC=CC[C@H]2C1=O. The second-order valence-corrected chi connectivity index (χ2v) is 8.44. The number of carbonyl (C=O) groups excluding carboxylic acids is 3. The summed E-state index contributed by atoms with van der Waals surface area (Å²) in [4.78, 5) is 38.3. The van der Waals surface area contributed by atoms with E-state index in [9.17, 15) is 14.4 Å². The molecule has 0 bridgehead atoms. The third-order valence-electron chi connectivity index (χ3n) is 5.40. The van der Waals surface area contributed by atoms with Crippen LogP contribution in [0.25, 0.3) is 0 Å². The Hall–Kier alpha value is -2.43. The van der Waals surface area contributed by atoms with Crippen LogP contribution in [-0.4, -0.2) is 29.2 Å². The Morgan fingerprint density at radius 3 is 2.22 bits per heavy atom. The molecule has 5 nitrogen and oxygen atoms in total. The van der Waals surface area contributed by atoms with Gasteiger partial charge < -0.3 is 4.74 Å². The van der Waals surface area contributed by atoms with Crippen molar-refractivity contribution in [2.24, 2.45) is 11.8 Å². The van der Waals surface area contributed by atoms with E-state index in [-0.39, 0.29) is 42.0 Å². The Balaban J connectivity index is 1.59. The topological polar surface area (TPSA) is 63.7 Å². The van der Waals surface area contributed by atoms with Crippen LogP contribution < -0.4 is 4.74 Å². The maximum atomic E-state index is 12.4. The minimum atomic E-state index is -0.435. The highest BCUT2D eigenvalue weighted by molar-refractivity contribution is 6.05. The maximum Gasteiger partial charge on any atom is 0.313 e. The molecular formula is C22H27NO4. The van der Waals surface area contributed by atoms with E-state index >= 15 is 0 Å². The highest BCUT2D eigenvalue weighted by Gasteiger charge is 2.46. The number of nitrogens with zero attached hydrogens (tertiary/aromatic N) is 1. The fourth-order valence-electron chi connectivity index (χ4n) is 3.70. The number of likely N-dealkylation sites (tertiary alicyclic amines) is 1. The Labute approximate surface area is 160 Å². The van der Waals surface area contributed by atoms with Gasteiger partial charge in [-0.05, 0) is 42.4 Å². The van der Waals surface area contributed by atoms with Gasteiger partial charge in [-0.2, -0.15) is 0 Å². The van der Waals surface area contributed by atoms with Crippen LogP contribution in [0.15, 0.2) is 30.4 Å². The Kier molecular flexibility index (Phi) is 5.22. The zero-order valence-electron chi connectivity index (χ0n) is 16.5. The van der Waals surface area contributed by atoms with E-state index in [4.69, 9.17) is 4.74 Å². The summed E-state index contributed by atoms with van der Waals surface area (Å²) in [6.07, 6.45) is 5.12. The normalized spacial score (nSPS) is 22.1. The van der Waals surface area contributed by atoms with E-state index in [1.807, 2.05) is 31.2 Å². The molecule has 1 aliphatic heterocycles. The van der Waals surface area contributed by atoms with Gasteiger partial charge in [0.25, 0.3) is 0 Å². The highest BCUT2D eigenvalue weighted by atomic mass is 16.5. The van der Waals surface area contributed by atoms with Gasteiger partial charge in [0.1, 0.15) is 5.75 Å². The molecule has 1 aromatic carbocycles. The zero-order chi connectivity index (χ0) is 19.8. The smallest absolute Gasteiger partial charge is 0.313 e. The number of hydrogen-bond donors (Lipinski definition) is 0. The maximum absolute atomic E-state index is 12.4. The van der Waals surface area contributed by atoms with Crippen molar-refractivity contribution in [3.63, 3.8) is 0 Å². The number of aryl methyl sites for hydroxylation is 1. The molecule has 144 valence electrons. The van der Waals surface area contributed by atoms with Crippen molar-refractivity contribution in [3.8, 4) is 5.75 Å². The number of esters is 1. The van der Waals surface area contributed by atoms with Gasteiger partial charge in [0.05, 0.1) is 18.3 Å². The average Bonchev–Trinajstić information content (AvgIpc) is 2.85. The molecule has 1 fully saturated rings. The van der Waals surface area contributed by atoms with Gasteiger partial charge in [-0.1, -0.05) is 45.1 Å². The molecule has 2 aliphatic rings. The summed E-state index contributed by atoms with van der Waals surface area (Å²) in [5.41, 5.74) is 2.08. The zero-order valence-corrected chi connectivity index (χ0v) is 16.5. The van der Waals surface area contributed by atoms with Crippen molar-refractivity contribution in [2.75, 3.05) is 6.54 Å². The van der Waals surface area contributed by atoms with Crippen LogP contribution in [-0.2, 0) is 19.8 Å². The molecule has 1 saturated heterocycles. The van der Waals surface area contributed by atoms with Gasteiger partial charge in [0.15, 0.2) is 0 Å². The van der Waals surface area contributed by atoms with E-state index in [1.54, 1.807) is 6.07 Å². The number of amides is 2. The van der Waals surface area contributed by atoms with Crippen molar-refractivity contribution >= 4 is 17.8 Å². The first-order chi connectivity index (χ1) is 12.7. The van der Waals surface area contributed by atoms with E-state index in [2.05, 4.69) is 20.8 Å². The van der Waals surface area contributed by atoms with E-state index in [0.717, 1.165) is 5.56 Å². The number of imide groups is 1. The predicted molar refractivity (Wildman–Crippen MR) is 102 cm³/mol. The molecule has 2 amide bonds. The van der Waals surface area contributed by atoms with Gasteiger partial charge in [0, 0.05) is 6.54 Å². The second-order valence-electron chi connectivity index (χ2n) is 8.44. The van der Waals surface area contributed by atoms with Crippen LogP contribution in [0.4, 0.5) is 0 Å². The molecule has 0 spiro atoms. The van der Waals surface area contributed by atoms with E-state index in [0.29, 0.717) is 18.6 Å². The first-order valence-electron chi connectivity index (χ1n) is 9.50. The van der Waals surface area contributed by atoms with Gasteiger partial charge in [-0.15, -0.1) is 0 Å². The highest BCUT2D eigenvalue weighted by Crippen LogP contribution is 2.35. The molecule has 0 saturated carbocycles. The van der Waals surface area contributed by atoms with Crippen molar-refractivity contribution in [1.29, 1.82) is 0 Å². The molecule has 5 heteroatoms. The number of ether oxygens (including phenoxy) is 1. The average molecular weight is 369 g/mol. The summed E-state index contributed by atoms with van der Waals surface area (Å²) >= 11 is 0. The number of allylic oxidation sites excluding steroid dienone is 2. The summed E-state index contributed by atoms with van der Waals surface area (Å²) in [5, 5.41) is 0. The van der Waals surface area contributed by atoms with Gasteiger partial charge in [-0.3, -0.25) is 19.3 Å². The first kappa shape index (κ1) is 19.3. The largest absolute Gasteiger partial charge is 0.426 e. The Morgan fingerprint density at radius 2 is 1.70 bits per heavy atom. The molecule has 0 radical (unpaired) electrons. The molecule has 0 N–H and O–H groups in total. The molecule has 0 aromatic heterocycles. The summed E-state index contributed by atoms with van der Waals surface area (Å²) in [5.74, 6) is -0.753. The van der Waals surface area contributed by atoms with Crippen LogP contribution in [0.5, 0.6) is 5.75 Å². The number of carbonyl (C=O) groups is 3. The third kappa shape index (κ3) is 3.97. The van der Waals surface area contributed by atoms with E-state index < -0.39 is 5.97 Å². The van der Waals surface area contributed by atoms with Crippen LogP contribution in [0.3, 0.4) is 0 Å². The van der Waals surface area contributed by atoms with Gasteiger partial charge >= 0.3 is 5.97 Å². The Bertz CT molecular complexity index is 777. The third-order valence-corrected chi connectivity index (χ3v) is 5.40. The molecule has 1 heterocycles. The number of hydrogen-bond acceptors (Lipinski definition) is 4. The lowest BCUT2D eigenvalue weighted by Crippen LogP contribution is -2.33. The fraction of sp³-hybridized carbons (Fsp3) is 0.500. The Morgan fingerprint density at radius 1 is 1.11 bits per heavy atom. The lowest BCUT2D eigenvalue weighted by atomic mass is 9.85. The summed E-state index contributed by atoms with van der Waals surface area (Å²) in [7, 11) is 0. The first-order valence-corrected chi connectivity index (χ1v) is 9.50. The molecular weight excluding hydrogens is 342 g/mol. The summed E-state index contributed by atoms with van der Waals surface area (Å²) < 4.78 is 5.46. The minimum absolute atomic E-state index is 0.00477. The van der Waals surface area contributed by atoms with Gasteiger partial charge in [0.2, 0.25) is 11.8 Å². The summed E-state index contributed by atoms with van der Waals surface area (Å²) in [6, 6.07) is 5.79. The molecule has 0 unspecified atom stereocenters. The van der Waals surface area contributed by atoms with Crippen LogP contribution >= 0.6 is 0 Å². The molecule has 3 rings (SSSR count). The fourth-order valence-corrected chi connectivity index (χ4v) is 3.70. The van der Waals surface area contributed by atoms with Crippen LogP contribution in [0.2, 0.25) is 0 Å². The van der Waals surface area contributed by atoms with Crippen molar-refractivity contribution in [1.82, 2.24) is 4.90 Å². The van der Waals surface area contributed by atoms with Crippen molar-refractivity contribution < 1.29 is 19.1 Å². The van der Waals surface area contributed by atoms with Crippen molar-refractivity contribution in [3.05, 3.63) is 41.5 Å². The predicted octanol–water partition coefficient (Wildman–Crippen LogP) is 3.54. The molecule has 1 aromatic rings. The number of fused-ring (bicyclic) bond motifs is 1. The molecule has 2 atom stereocenters. The van der Waals surface area contributed by atoms with Crippen molar-refractivity contribution in [2.45, 2.75) is 52.4 Å². The molecule has 27 heavy (non-hydrogen) atoms.